The summed E-state index contributed by atoms with van der Waals surface area (Å²) in [5.74, 6) is 0. The molecule has 0 radical (unpaired) electrons. The number of hydrogen-bond acceptors (Lipinski definition) is 4. The van der Waals surface area contributed by atoms with Crippen molar-refractivity contribution in [3.8, 4) is 22.6 Å². The molecule has 3 heterocycles. The lowest BCUT2D eigenvalue weighted by atomic mass is 10.1. The normalized spacial score (nSPS) is 11.2. The van der Waals surface area contributed by atoms with Gasteiger partial charge >= 0.3 is 0 Å². The maximum absolute atomic E-state index is 6.27. The molecule has 0 unspecified atom stereocenters. The van der Waals surface area contributed by atoms with Crippen LogP contribution in [0, 0.1) is 0 Å². The van der Waals surface area contributed by atoms with Crippen molar-refractivity contribution in [3.05, 3.63) is 46.7 Å². The second kappa shape index (κ2) is 5.08. The van der Waals surface area contributed by atoms with Crippen molar-refractivity contribution in [2.75, 3.05) is 0 Å². The Kier molecular flexibility index (Phi) is 3.06. The van der Waals surface area contributed by atoms with Crippen molar-refractivity contribution in [1.29, 1.82) is 0 Å². The summed E-state index contributed by atoms with van der Waals surface area (Å²) in [6, 6.07) is 7.20. The molecular formula is C14H8Cl2N6. The van der Waals surface area contributed by atoms with Crippen LogP contribution in [0.25, 0.3) is 33.8 Å². The van der Waals surface area contributed by atoms with E-state index in [1.165, 1.54) is 0 Å². The summed E-state index contributed by atoms with van der Waals surface area (Å²) in [7, 11) is 0. The van der Waals surface area contributed by atoms with E-state index < -0.39 is 0 Å². The molecule has 0 amide bonds. The maximum atomic E-state index is 6.27. The van der Waals surface area contributed by atoms with Gasteiger partial charge in [0.25, 0.3) is 0 Å². The van der Waals surface area contributed by atoms with E-state index in [1.807, 2.05) is 18.2 Å². The van der Waals surface area contributed by atoms with Gasteiger partial charge in [-0.25, -0.2) is 9.97 Å². The third kappa shape index (κ3) is 2.04. The SMILES string of the molecule is Clc1cccc(-c2n[nH]c3ncc(-c4cc[nH]n4)nc23)c1Cl. The molecule has 0 aliphatic heterocycles. The second-order valence-corrected chi connectivity index (χ2v) is 5.37. The summed E-state index contributed by atoms with van der Waals surface area (Å²) in [6.07, 6.45) is 3.37. The molecule has 0 saturated carbocycles. The van der Waals surface area contributed by atoms with Crippen molar-refractivity contribution in [2.24, 2.45) is 0 Å². The highest BCUT2D eigenvalue weighted by molar-refractivity contribution is 6.43. The van der Waals surface area contributed by atoms with Crippen molar-refractivity contribution >= 4 is 34.4 Å². The fraction of sp³-hybridized carbons (Fsp3) is 0. The molecule has 0 atom stereocenters. The third-order valence-corrected chi connectivity index (χ3v) is 4.06. The molecule has 0 saturated heterocycles. The lowest BCUT2D eigenvalue weighted by molar-refractivity contribution is 1.08. The first-order valence-electron chi connectivity index (χ1n) is 6.39. The van der Waals surface area contributed by atoms with Crippen LogP contribution in [0.4, 0.5) is 0 Å². The fourth-order valence-corrected chi connectivity index (χ4v) is 2.59. The van der Waals surface area contributed by atoms with Crippen molar-refractivity contribution < 1.29 is 0 Å². The number of halogens is 2. The monoisotopic (exact) mass is 330 g/mol. The first-order chi connectivity index (χ1) is 10.7. The molecule has 3 aromatic heterocycles. The number of rotatable bonds is 2. The van der Waals surface area contributed by atoms with Gasteiger partial charge in [-0.1, -0.05) is 35.3 Å². The van der Waals surface area contributed by atoms with Gasteiger partial charge < -0.3 is 0 Å². The fourth-order valence-electron chi connectivity index (χ4n) is 2.20. The van der Waals surface area contributed by atoms with Crippen LogP contribution in [0.5, 0.6) is 0 Å². The molecule has 6 nitrogen and oxygen atoms in total. The number of nitrogens with zero attached hydrogens (tertiary/aromatic N) is 4. The molecule has 108 valence electrons. The lowest BCUT2D eigenvalue weighted by Gasteiger charge is -2.03. The summed E-state index contributed by atoms with van der Waals surface area (Å²) in [4.78, 5) is 8.91. The molecule has 0 bridgehead atoms. The van der Waals surface area contributed by atoms with E-state index in [9.17, 15) is 0 Å². The van der Waals surface area contributed by atoms with E-state index in [0.717, 1.165) is 0 Å². The lowest BCUT2D eigenvalue weighted by Crippen LogP contribution is -1.89. The molecule has 4 aromatic rings. The van der Waals surface area contributed by atoms with Crippen LogP contribution < -0.4 is 0 Å². The van der Waals surface area contributed by atoms with Gasteiger partial charge in [0.2, 0.25) is 0 Å². The molecule has 1 aromatic carbocycles. The number of benzene rings is 1. The van der Waals surface area contributed by atoms with E-state index in [4.69, 9.17) is 23.2 Å². The zero-order chi connectivity index (χ0) is 15.1. The van der Waals surface area contributed by atoms with E-state index in [-0.39, 0.29) is 0 Å². The topological polar surface area (TPSA) is 83.1 Å². The van der Waals surface area contributed by atoms with Crippen molar-refractivity contribution in [2.45, 2.75) is 0 Å². The average molecular weight is 331 g/mol. The highest BCUT2D eigenvalue weighted by Crippen LogP contribution is 2.35. The molecule has 0 aliphatic carbocycles. The average Bonchev–Trinajstić information content (AvgIpc) is 3.18. The van der Waals surface area contributed by atoms with Gasteiger partial charge in [0.05, 0.1) is 16.2 Å². The highest BCUT2D eigenvalue weighted by atomic mass is 35.5. The first kappa shape index (κ1) is 13.2. The molecule has 0 aliphatic rings. The predicted molar refractivity (Wildman–Crippen MR) is 84.7 cm³/mol. The largest absolute Gasteiger partial charge is 0.285 e. The number of H-pyrrole nitrogens is 2. The van der Waals surface area contributed by atoms with Crippen LogP contribution >= 0.6 is 23.2 Å². The summed E-state index contributed by atoms with van der Waals surface area (Å²) in [5, 5.41) is 14.9. The van der Waals surface area contributed by atoms with Crippen LogP contribution in [0.15, 0.2) is 36.7 Å². The second-order valence-electron chi connectivity index (χ2n) is 4.59. The highest BCUT2D eigenvalue weighted by Gasteiger charge is 2.16. The Morgan fingerprint density at radius 2 is 1.91 bits per heavy atom. The van der Waals surface area contributed by atoms with Gasteiger partial charge in [0.15, 0.2) is 5.65 Å². The predicted octanol–water partition coefficient (Wildman–Crippen LogP) is 3.72. The van der Waals surface area contributed by atoms with Gasteiger partial charge in [-0.15, -0.1) is 0 Å². The minimum atomic E-state index is 0.435. The van der Waals surface area contributed by atoms with Crippen LogP contribution in [-0.4, -0.2) is 30.4 Å². The number of aromatic nitrogens is 6. The molecular weight excluding hydrogens is 323 g/mol. The van der Waals surface area contributed by atoms with E-state index in [1.54, 1.807) is 18.5 Å². The van der Waals surface area contributed by atoms with Gasteiger partial charge in [0.1, 0.15) is 22.6 Å². The first-order valence-corrected chi connectivity index (χ1v) is 7.15. The quantitative estimate of drug-likeness (QED) is 0.586. The van der Waals surface area contributed by atoms with Crippen molar-refractivity contribution in [1.82, 2.24) is 30.4 Å². The molecule has 0 spiro atoms. The van der Waals surface area contributed by atoms with E-state index >= 15 is 0 Å². The maximum Gasteiger partial charge on any atom is 0.174 e. The van der Waals surface area contributed by atoms with Crippen LogP contribution in [0.2, 0.25) is 10.0 Å². The number of fused-ring (bicyclic) bond motifs is 1. The van der Waals surface area contributed by atoms with Crippen LogP contribution in [-0.2, 0) is 0 Å². The summed E-state index contributed by atoms with van der Waals surface area (Å²) < 4.78 is 0. The Morgan fingerprint density at radius 3 is 2.73 bits per heavy atom. The summed E-state index contributed by atoms with van der Waals surface area (Å²) >= 11 is 12.3. The standard InChI is InChI=1S/C14H8Cl2N6/c15-8-3-1-2-7(11(8)16)12-13-14(22-21-12)17-6-10(19-13)9-4-5-18-20-9/h1-6H,(H,18,20)(H,17,21,22). The minimum absolute atomic E-state index is 0.435. The zero-order valence-corrected chi connectivity index (χ0v) is 12.5. The number of hydrogen-bond donors (Lipinski definition) is 2. The van der Waals surface area contributed by atoms with E-state index in [2.05, 4.69) is 30.4 Å². The van der Waals surface area contributed by atoms with E-state index in [0.29, 0.717) is 43.9 Å². The summed E-state index contributed by atoms with van der Waals surface area (Å²) in [5.41, 5.74) is 3.85. The van der Waals surface area contributed by atoms with Crippen LogP contribution in [0.3, 0.4) is 0 Å². The molecule has 0 fully saturated rings. The molecule has 22 heavy (non-hydrogen) atoms. The Hall–Kier alpha value is -2.44. The molecule has 2 N–H and O–H groups in total. The minimum Gasteiger partial charge on any atom is -0.285 e. The zero-order valence-electron chi connectivity index (χ0n) is 11.0. The van der Waals surface area contributed by atoms with Crippen LogP contribution in [0.1, 0.15) is 0 Å². The number of aromatic amines is 2. The van der Waals surface area contributed by atoms with Gasteiger partial charge in [-0.05, 0) is 12.1 Å². The third-order valence-electron chi connectivity index (χ3n) is 3.24. The molecule has 8 heteroatoms. The van der Waals surface area contributed by atoms with Crippen molar-refractivity contribution in [3.63, 3.8) is 0 Å². The Bertz CT molecular complexity index is 961. The van der Waals surface area contributed by atoms with Gasteiger partial charge in [-0.2, -0.15) is 10.2 Å². The number of nitrogens with one attached hydrogen (secondary N) is 2. The van der Waals surface area contributed by atoms with Gasteiger partial charge in [-0.3, -0.25) is 10.2 Å². The Labute approximate surface area is 134 Å². The Morgan fingerprint density at radius 1 is 1.00 bits per heavy atom. The smallest absolute Gasteiger partial charge is 0.174 e. The summed E-state index contributed by atoms with van der Waals surface area (Å²) in [6.45, 7) is 0. The Balaban J connectivity index is 1.95. The molecule has 4 rings (SSSR count). The van der Waals surface area contributed by atoms with Gasteiger partial charge in [0, 0.05) is 11.8 Å².